The third-order valence-corrected chi connectivity index (χ3v) is 5.46. The molecule has 5 heteroatoms. The molecule has 2 aromatic carbocycles. The maximum atomic E-state index is 13.4. The van der Waals surface area contributed by atoms with Crippen LogP contribution in [0.4, 0.5) is 0 Å². The first kappa shape index (κ1) is 18.2. The second-order valence-electron chi connectivity index (χ2n) is 7.19. The zero-order chi connectivity index (χ0) is 19.8. The van der Waals surface area contributed by atoms with Crippen molar-refractivity contribution in [2.45, 2.75) is 32.5 Å². The molecule has 0 spiro atoms. The van der Waals surface area contributed by atoms with Crippen LogP contribution >= 0.6 is 0 Å². The summed E-state index contributed by atoms with van der Waals surface area (Å²) in [5.74, 6) is -1.02. The Kier molecular flexibility index (Phi) is 4.61. The highest BCUT2D eigenvalue weighted by atomic mass is 16.4. The Morgan fingerprint density at radius 3 is 2.11 bits per heavy atom. The Hall–Kier alpha value is -3.18. The smallest absolute Gasteiger partial charge is 0.338 e. The summed E-state index contributed by atoms with van der Waals surface area (Å²) < 4.78 is 1.56. The van der Waals surface area contributed by atoms with Crippen LogP contribution in [0, 0.1) is 0 Å². The van der Waals surface area contributed by atoms with Crippen molar-refractivity contribution >= 4 is 16.7 Å². The summed E-state index contributed by atoms with van der Waals surface area (Å²) in [6.07, 6.45) is 4.22. The van der Waals surface area contributed by atoms with Gasteiger partial charge in [-0.3, -0.25) is 14.3 Å². The number of carboxylic acid groups (broad SMARTS) is 1. The summed E-state index contributed by atoms with van der Waals surface area (Å²) in [7, 11) is 0. The molecule has 0 amide bonds. The number of rotatable bonds is 4. The molecule has 0 fully saturated rings. The molecule has 1 aromatic heterocycles. The number of fused-ring (bicyclic) bond motifs is 1. The van der Waals surface area contributed by atoms with Crippen LogP contribution in [0.5, 0.6) is 0 Å². The number of para-hydroxylation sites is 1. The van der Waals surface area contributed by atoms with Crippen molar-refractivity contribution in [1.82, 2.24) is 9.47 Å². The van der Waals surface area contributed by atoms with Crippen LogP contribution in [-0.4, -0.2) is 32.6 Å². The quantitative estimate of drug-likeness (QED) is 0.705. The van der Waals surface area contributed by atoms with E-state index in [0.717, 1.165) is 0 Å². The van der Waals surface area contributed by atoms with Gasteiger partial charge in [-0.15, -0.1) is 0 Å². The van der Waals surface area contributed by atoms with Crippen LogP contribution in [0.25, 0.3) is 16.5 Å². The molecular weight excluding hydrogens is 352 g/mol. The van der Waals surface area contributed by atoms with Gasteiger partial charge < -0.3 is 5.11 Å². The summed E-state index contributed by atoms with van der Waals surface area (Å²) >= 11 is 0. The first-order valence-electron chi connectivity index (χ1n) is 9.38. The van der Waals surface area contributed by atoms with E-state index >= 15 is 0 Å². The molecule has 5 nitrogen and oxygen atoms in total. The Morgan fingerprint density at radius 2 is 1.50 bits per heavy atom. The lowest BCUT2D eigenvalue weighted by Crippen LogP contribution is -2.37. The minimum Gasteiger partial charge on any atom is -0.478 e. The number of carboxylic acids is 1. The highest BCUT2D eigenvalue weighted by Gasteiger charge is 2.28. The molecule has 28 heavy (non-hydrogen) atoms. The molecule has 1 aliphatic heterocycles. The fraction of sp³-hybridized carbons (Fsp3) is 0.217. The number of carbonyl (C=O) groups is 1. The molecule has 2 heterocycles. The van der Waals surface area contributed by atoms with Crippen LogP contribution in [-0.2, 0) is 6.54 Å². The normalized spacial score (nSPS) is 19.4. The highest BCUT2D eigenvalue weighted by Crippen LogP contribution is 2.27. The van der Waals surface area contributed by atoms with E-state index in [1.807, 2.05) is 30.3 Å². The first-order chi connectivity index (χ1) is 13.5. The van der Waals surface area contributed by atoms with E-state index in [1.165, 1.54) is 0 Å². The van der Waals surface area contributed by atoms with Gasteiger partial charge in [-0.1, -0.05) is 48.6 Å². The predicted octanol–water partition coefficient (Wildman–Crippen LogP) is 3.84. The molecule has 3 aromatic rings. The molecule has 0 saturated carbocycles. The van der Waals surface area contributed by atoms with Crippen molar-refractivity contribution in [2.75, 3.05) is 0 Å². The number of hydrogen-bond donors (Lipinski definition) is 1. The molecule has 142 valence electrons. The Morgan fingerprint density at radius 1 is 0.929 bits per heavy atom. The highest BCUT2D eigenvalue weighted by molar-refractivity contribution is 6.04. The average Bonchev–Trinajstić information content (AvgIpc) is 3.01. The molecule has 1 N–H and O–H groups in total. The van der Waals surface area contributed by atoms with Gasteiger partial charge in [0.2, 0.25) is 0 Å². The third-order valence-electron chi connectivity index (χ3n) is 5.46. The lowest BCUT2D eigenvalue weighted by atomic mass is 10.0. The number of nitrogens with zero attached hydrogens (tertiary/aromatic N) is 2. The lowest BCUT2D eigenvalue weighted by Gasteiger charge is -2.29. The largest absolute Gasteiger partial charge is 0.478 e. The third kappa shape index (κ3) is 2.94. The Balaban J connectivity index is 2.06. The second-order valence-corrected chi connectivity index (χ2v) is 7.19. The number of aromatic nitrogens is 1. The maximum absolute atomic E-state index is 13.4. The lowest BCUT2D eigenvalue weighted by molar-refractivity contribution is 0.0694. The van der Waals surface area contributed by atoms with Crippen molar-refractivity contribution in [3.63, 3.8) is 0 Å². The van der Waals surface area contributed by atoms with Gasteiger partial charge in [0.15, 0.2) is 0 Å². The predicted molar refractivity (Wildman–Crippen MR) is 110 cm³/mol. The maximum Gasteiger partial charge on any atom is 0.338 e. The van der Waals surface area contributed by atoms with Gasteiger partial charge in [0, 0.05) is 35.1 Å². The van der Waals surface area contributed by atoms with Crippen LogP contribution in [0.3, 0.4) is 0 Å². The topological polar surface area (TPSA) is 62.5 Å². The van der Waals surface area contributed by atoms with Gasteiger partial charge in [0.1, 0.15) is 0 Å². The molecule has 0 saturated heterocycles. The number of benzene rings is 2. The van der Waals surface area contributed by atoms with E-state index in [4.69, 9.17) is 0 Å². The average molecular weight is 374 g/mol. The van der Waals surface area contributed by atoms with Gasteiger partial charge in [-0.25, -0.2) is 4.79 Å². The summed E-state index contributed by atoms with van der Waals surface area (Å²) in [5, 5.41) is 11.0. The van der Waals surface area contributed by atoms with Crippen LogP contribution < -0.4 is 5.56 Å². The SMILES string of the molecule is CC1C=CC(C)N1Cc1c(C(=O)O)c2ccccc2c(=O)n1-c1ccccc1. The Labute approximate surface area is 163 Å². The Bertz CT molecular complexity index is 1120. The molecule has 0 bridgehead atoms. The molecule has 0 radical (unpaired) electrons. The van der Waals surface area contributed by atoms with Crippen LogP contribution in [0.15, 0.2) is 71.5 Å². The van der Waals surface area contributed by atoms with E-state index in [9.17, 15) is 14.7 Å². The summed E-state index contributed by atoms with van der Waals surface area (Å²) in [6, 6.07) is 16.5. The first-order valence-corrected chi connectivity index (χ1v) is 9.38. The zero-order valence-electron chi connectivity index (χ0n) is 15.9. The molecule has 2 unspecified atom stereocenters. The molecule has 1 aliphatic rings. The van der Waals surface area contributed by atoms with Gasteiger partial charge in [0.25, 0.3) is 5.56 Å². The van der Waals surface area contributed by atoms with Crippen LogP contribution in [0.1, 0.15) is 29.9 Å². The fourth-order valence-corrected chi connectivity index (χ4v) is 4.01. The molecule has 2 atom stereocenters. The van der Waals surface area contributed by atoms with Crippen molar-refractivity contribution in [3.8, 4) is 5.69 Å². The van der Waals surface area contributed by atoms with Gasteiger partial charge >= 0.3 is 5.97 Å². The van der Waals surface area contributed by atoms with E-state index in [1.54, 1.807) is 28.8 Å². The van der Waals surface area contributed by atoms with Crippen molar-refractivity contribution < 1.29 is 9.90 Å². The van der Waals surface area contributed by atoms with Gasteiger partial charge in [-0.2, -0.15) is 0 Å². The molecule has 4 rings (SSSR count). The number of aromatic carboxylic acids is 1. The zero-order valence-corrected chi connectivity index (χ0v) is 15.9. The van der Waals surface area contributed by atoms with Gasteiger partial charge in [0.05, 0.1) is 11.3 Å². The summed E-state index contributed by atoms with van der Waals surface area (Å²) in [6.45, 7) is 4.52. The van der Waals surface area contributed by atoms with Crippen molar-refractivity contribution in [2.24, 2.45) is 0 Å². The van der Waals surface area contributed by atoms with Crippen LogP contribution in [0.2, 0.25) is 0 Å². The second kappa shape index (κ2) is 7.09. The van der Waals surface area contributed by atoms with E-state index in [0.29, 0.717) is 28.7 Å². The van der Waals surface area contributed by atoms with E-state index < -0.39 is 5.97 Å². The van der Waals surface area contributed by atoms with Gasteiger partial charge in [-0.05, 0) is 32.0 Å². The molecule has 0 aliphatic carbocycles. The van der Waals surface area contributed by atoms with Crippen molar-refractivity contribution in [1.29, 1.82) is 0 Å². The monoisotopic (exact) mass is 374 g/mol. The summed E-state index contributed by atoms with van der Waals surface area (Å²) in [4.78, 5) is 27.9. The number of pyridine rings is 1. The summed E-state index contributed by atoms with van der Waals surface area (Å²) in [5.41, 5.74) is 1.16. The minimum absolute atomic E-state index is 0.169. The minimum atomic E-state index is -1.02. The fourth-order valence-electron chi connectivity index (χ4n) is 4.01. The van der Waals surface area contributed by atoms with Crippen molar-refractivity contribution in [3.05, 3.63) is 88.4 Å². The van der Waals surface area contributed by atoms with E-state index in [-0.39, 0.29) is 23.2 Å². The van der Waals surface area contributed by atoms with E-state index in [2.05, 4.69) is 30.9 Å². The molecular formula is C23H22N2O3. The number of hydrogen-bond acceptors (Lipinski definition) is 3. The standard InChI is InChI=1S/C23H22N2O3/c1-15-12-13-16(2)24(15)14-20-21(23(27)28)18-10-6-7-11-19(18)22(26)25(20)17-8-4-3-5-9-17/h3-13,15-16H,14H2,1-2H3,(H,27,28).